The molecule has 0 aromatic heterocycles. The van der Waals surface area contributed by atoms with Crippen LogP contribution in [0, 0.1) is 0 Å². The van der Waals surface area contributed by atoms with Crippen LogP contribution in [0.4, 0.5) is 0 Å². The van der Waals surface area contributed by atoms with Gasteiger partial charge in [0.15, 0.2) is 6.29 Å². The molecular weight excluding hydrogens is 612 g/mol. The van der Waals surface area contributed by atoms with Gasteiger partial charge >= 0.3 is 5.97 Å². The molecule has 1 saturated heterocycles. The number of rotatable bonds is 30. The molecule has 0 radical (unpaired) electrons. The monoisotopic (exact) mass is 680 g/mol. The lowest BCUT2D eigenvalue weighted by Gasteiger charge is -2.39. The quantitative estimate of drug-likeness (QED) is 0.0359. The molecule has 0 spiro atoms. The minimum Gasteiger partial charge on any atom is -0.457 e. The first kappa shape index (κ1) is 44.2. The Labute approximate surface area is 291 Å². The molecule has 0 aromatic rings. The molecule has 6 unspecified atom stereocenters. The van der Waals surface area contributed by atoms with Crippen molar-refractivity contribution in [3.05, 3.63) is 48.6 Å². The van der Waals surface area contributed by atoms with Gasteiger partial charge < -0.3 is 39.4 Å². The molecule has 0 aliphatic carbocycles. The number of carbonyl (C=O) groups is 1. The Morgan fingerprint density at radius 2 is 1.27 bits per heavy atom. The Hall–Kier alpha value is -1.85. The highest BCUT2D eigenvalue weighted by atomic mass is 16.7. The molecule has 48 heavy (non-hydrogen) atoms. The highest BCUT2D eigenvalue weighted by Crippen LogP contribution is 2.22. The number of hydrogen-bond acceptors (Lipinski definition) is 9. The summed E-state index contributed by atoms with van der Waals surface area (Å²) in [6, 6.07) is 0. The maximum Gasteiger partial charge on any atom is 0.306 e. The van der Waals surface area contributed by atoms with Crippen LogP contribution in [0.1, 0.15) is 129 Å². The van der Waals surface area contributed by atoms with E-state index in [0.717, 1.165) is 70.6 Å². The lowest BCUT2D eigenvalue weighted by atomic mass is 9.99. The summed E-state index contributed by atoms with van der Waals surface area (Å²) in [6.07, 6.45) is 28.6. The zero-order chi connectivity index (χ0) is 35.1. The van der Waals surface area contributed by atoms with E-state index in [1.807, 2.05) is 0 Å². The van der Waals surface area contributed by atoms with Crippen molar-refractivity contribution in [2.45, 2.75) is 166 Å². The van der Waals surface area contributed by atoms with Gasteiger partial charge in [-0.15, -0.1) is 0 Å². The molecule has 6 atom stereocenters. The van der Waals surface area contributed by atoms with Crippen LogP contribution in [0.25, 0.3) is 0 Å². The number of unbranched alkanes of at least 4 members (excludes halogenated alkanes) is 11. The van der Waals surface area contributed by atoms with E-state index in [1.54, 1.807) is 0 Å². The zero-order valence-electron chi connectivity index (χ0n) is 30.0. The van der Waals surface area contributed by atoms with Gasteiger partial charge in [0, 0.05) is 13.0 Å². The zero-order valence-corrected chi connectivity index (χ0v) is 30.0. The fourth-order valence-corrected chi connectivity index (χ4v) is 5.30. The largest absolute Gasteiger partial charge is 0.457 e. The maximum absolute atomic E-state index is 12.6. The molecule has 1 aliphatic rings. The van der Waals surface area contributed by atoms with Gasteiger partial charge in [0.1, 0.15) is 30.5 Å². The molecule has 1 heterocycles. The summed E-state index contributed by atoms with van der Waals surface area (Å²) < 4.78 is 22.6. The van der Waals surface area contributed by atoms with Gasteiger partial charge in [0.25, 0.3) is 0 Å². The molecule has 1 fully saturated rings. The molecule has 1 rings (SSSR count). The van der Waals surface area contributed by atoms with Crippen LogP contribution < -0.4 is 0 Å². The second-order valence-corrected chi connectivity index (χ2v) is 12.6. The number of ether oxygens (including phenoxy) is 4. The van der Waals surface area contributed by atoms with Crippen LogP contribution >= 0.6 is 0 Å². The van der Waals surface area contributed by atoms with E-state index in [2.05, 4.69) is 62.5 Å². The smallest absolute Gasteiger partial charge is 0.306 e. The van der Waals surface area contributed by atoms with E-state index in [4.69, 9.17) is 18.9 Å². The number of carbonyl (C=O) groups excluding carboxylic acids is 1. The van der Waals surface area contributed by atoms with Crippen molar-refractivity contribution in [1.82, 2.24) is 0 Å². The molecule has 0 saturated carbocycles. The molecule has 9 nitrogen and oxygen atoms in total. The van der Waals surface area contributed by atoms with Crippen molar-refractivity contribution in [1.29, 1.82) is 0 Å². The van der Waals surface area contributed by atoms with Crippen molar-refractivity contribution < 1.29 is 44.2 Å². The number of aliphatic hydroxyl groups excluding tert-OH is 4. The average Bonchev–Trinajstić information content (AvgIpc) is 3.08. The summed E-state index contributed by atoms with van der Waals surface area (Å²) in [6.45, 7) is 4.32. The van der Waals surface area contributed by atoms with Crippen LogP contribution in [-0.4, -0.2) is 89.6 Å². The first-order valence-electron chi connectivity index (χ1n) is 18.7. The van der Waals surface area contributed by atoms with Crippen molar-refractivity contribution in [3.8, 4) is 0 Å². The third-order valence-electron chi connectivity index (χ3n) is 8.26. The van der Waals surface area contributed by atoms with E-state index < -0.39 is 43.4 Å². The minimum atomic E-state index is -1.54. The third-order valence-corrected chi connectivity index (χ3v) is 8.26. The normalized spacial score (nSPS) is 22.5. The topological polar surface area (TPSA) is 135 Å². The van der Waals surface area contributed by atoms with Crippen LogP contribution in [0.15, 0.2) is 48.6 Å². The highest BCUT2D eigenvalue weighted by Gasteiger charge is 2.44. The summed E-state index contributed by atoms with van der Waals surface area (Å²) >= 11 is 0. The first-order chi connectivity index (χ1) is 23.4. The van der Waals surface area contributed by atoms with E-state index in [0.29, 0.717) is 13.0 Å². The summed E-state index contributed by atoms with van der Waals surface area (Å²) in [5.41, 5.74) is 0. The van der Waals surface area contributed by atoms with E-state index in [9.17, 15) is 25.2 Å². The van der Waals surface area contributed by atoms with Crippen LogP contribution in [0.2, 0.25) is 0 Å². The molecular formula is C39H68O9. The number of aliphatic hydroxyl groups is 4. The fraction of sp³-hybridized carbons (Fsp3) is 0.769. The van der Waals surface area contributed by atoms with Gasteiger partial charge in [-0.3, -0.25) is 4.79 Å². The molecule has 278 valence electrons. The van der Waals surface area contributed by atoms with Gasteiger partial charge in [-0.25, -0.2) is 0 Å². The van der Waals surface area contributed by atoms with Crippen molar-refractivity contribution in [2.24, 2.45) is 0 Å². The second-order valence-electron chi connectivity index (χ2n) is 12.6. The maximum atomic E-state index is 12.6. The van der Waals surface area contributed by atoms with Crippen LogP contribution in [-0.2, 0) is 23.7 Å². The van der Waals surface area contributed by atoms with Gasteiger partial charge in [-0.1, -0.05) is 120 Å². The van der Waals surface area contributed by atoms with E-state index in [1.165, 1.54) is 38.5 Å². The molecule has 4 N–H and O–H groups in total. The average molecular weight is 681 g/mol. The minimum absolute atomic E-state index is 0.123. The second kappa shape index (κ2) is 31.2. The highest BCUT2D eigenvalue weighted by molar-refractivity contribution is 5.69. The predicted octanol–water partition coefficient (Wildman–Crippen LogP) is 7.02. The van der Waals surface area contributed by atoms with Crippen molar-refractivity contribution in [3.63, 3.8) is 0 Å². The van der Waals surface area contributed by atoms with Gasteiger partial charge in [0.2, 0.25) is 0 Å². The number of hydrogen-bond donors (Lipinski definition) is 4. The summed E-state index contributed by atoms with van der Waals surface area (Å²) in [7, 11) is 0. The SMILES string of the molecule is CC/C=C\C/C=C\C/C=C\C/C=C\CCCCCOCC(COC1OC(CO)C(O)C(O)C1O)OC(=O)CCCCCCCCCCC. The molecule has 0 amide bonds. The summed E-state index contributed by atoms with van der Waals surface area (Å²) in [5.74, 6) is -0.332. The lowest BCUT2D eigenvalue weighted by molar-refractivity contribution is -0.305. The van der Waals surface area contributed by atoms with Gasteiger partial charge in [0.05, 0.1) is 19.8 Å². The van der Waals surface area contributed by atoms with Crippen molar-refractivity contribution in [2.75, 3.05) is 26.4 Å². The van der Waals surface area contributed by atoms with Crippen LogP contribution in [0.5, 0.6) is 0 Å². The Morgan fingerprint density at radius 1 is 0.688 bits per heavy atom. The predicted molar refractivity (Wildman–Crippen MR) is 191 cm³/mol. The Bertz CT molecular complexity index is 870. The standard InChI is InChI=1S/C39H68O9/c1-3-5-7-9-11-13-14-15-16-17-18-19-21-23-25-27-29-45-31-33(32-46-39-38(44)37(43)36(42)34(30-40)48-39)47-35(41)28-26-24-22-20-12-10-8-6-4-2/h5,7,11,13,15-16,18-19,33-34,36-40,42-44H,3-4,6,8-10,12,14,17,20-32H2,1-2H3/b7-5-,13-11-,16-15-,19-18-. The van der Waals surface area contributed by atoms with E-state index >= 15 is 0 Å². The van der Waals surface area contributed by atoms with Crippen molar-refractivity contribution >= 4 is 5.97 Å². The summed E-state index contributed by atoms with van der Waals surface area (Å²) in [5, 5.41) is 39.9. The van der Waals surface area contributed by atoms with E-state index in [-0.39, 0.29) is 19.2 Å². The Kier molecular flexibility index (Phi) is 28.7. The fourth-order valence-electron chi connectivity index (χ4n) is 5.30. The molecule has 9 heteroatoms. The van der Waals surface area contributed by atoms with Crippen LogP contribution in [0.3, 0.4) is 0 Å². The Balaban J connectivity index is 2.36. The Morgan fingerprint density at radius 3 is 1.90 bits per heavy atom. The lowest BCUT2D eigenvalue weighted by Crippen LogP contribution is -2.59. The van der Waals surface area contributed by atoms with Gasteiger partial charge in [-0.2, -0.15) is 0 Å². The third kappa shape index (κ3) is 22.7. The first-order valence-corrected chi connectivity index (χ1v) is 18.7. The molecule has 1 aliphatic heterocycles. The number of esters is 1. The molecule has 0 aromatic carbocycles. The van der Waals surface area contributed by atoms with Gasteiger partial charge in [-0.05, 0) is 51.4 Å². The number of allylic oxidation sites excluding steroid dienone is 8. The summed E-state index contributed by atoms with van der Waals surface area (Å²) in [4.78, 5) is 12.6. The molecule has 0 bridgehead atoms.